The third-order valence-electron chi connectivity index (χ3n) is 5.30. The molecule has 3 heterocycles. The quantitative estimate of drug-likeness (QED) is 0.536. The molecule has 1 saturated heterocycles. The first-order valence-corrected chi connectivity index (χ1v) is 11.0. The highest BCUT2D eigenvalue weighted by molar-refractivity contribution is 5.95. The number of hydrogen-bond acceptors (Lipinski definition) is 7. The first-order valence-electron chi connectivity index (χ1n) is 11.0. The molecule has 1 aliphatic rings. The minimum Gasteiger partial charge on any atom is -0.452 e. The van der Waals surface area contributed by atoms with Crippen LogP contribution in [0.5, 0.6) is 0 Å². The fourth-order valence-electron chi connectivity index (χ4n) is 3.82. The summed E-state index contributed by atoms with van der Waals surface area (Å²) in [6, 6.07) is 10.4. The van der Waals surface area contributed by atoms with E-state index in [0.29, 0.717) is 36.0 Å². The van der Waals surface area contributed by atoms with E-state index in [4.69, 9.17) is 4.74 Å². The second kappa shape index (κ2) is 9.82. The van der Waals surface area contributed by atoms with Gasteiger partial charge in [0.15, 0.2) is 6.61 Å². The number of carbonyl (C=O) groups excluding carboxylic acids is 3. The van der Waals surface area contributed by atoms with Gasteiger partial charge in [-0.25, -0.2) is 14.8 Å². The standard InChI is InChI=1S/C24H26N6O4/c1-15-10-16(2)26-24(25-15)30-20(11-17(3)28-30)27-21(31)14-34-23(33)19-7-4-6-18(12-19)13-29-9-5-8-22(29)32/h4,6-7,10-12H,5,8-9,13-14H2,1-3H3,(H,27,31). The summed E-state index contributed by atoms with van der Waals surface area (Å²) >= 11 is 0. The number of benzene rings is 1. The first-order chi connectivity index (χ1) is 16.3. The van der Waals surface area contributed by atoms with Gasteiger partial charge in [-0.2, -0.15) is 9.78 Å². The number of nitrogens with one attached hydrogen (secondary N) is 1. The van der Waals surface area contributed by atoms with Crippen LogP contribution in [0.4, 0.5) is 5.82 Å². The molecular formula is C24H26N6O4. The summed E-state index contributed by atoms with van der Waals surface area (Å²) in [4.78, 5) is 47.4. The van der Waals surface area contributed by atoms with E-state index in [2.05, 4.69) is 20.4 Å². The topological polar surface area (TPSA) is 119 Å². The number of hydrogen-bond donors (Lipinski definition) is 1. The Morgan fingerprint density at radius 2 is 1.82 bits per heavy atom. The number of nitrogens with zero attached hydrogens (tertiary/aromatic N) is 5. The summed E-state index contributed by atoms with van der Waals surface area (Å²) in [6.07, 6.45) is 1.41. The van der Waals surface area contributed by atoms with Crippen molar-refractivity contribution in [1.29, 1.82) is 0 Å². The van der Waals surface area contributed by atoms with Crippen LogP contribution < -0.4 is 5.32 Å². The number of amides is 2. The molecule has 176 valence electrons. The Bertz CT molecular complexity index is 1230. The summed E-state index contributed by atoms with van der Waals surface area (Å²) in [5, 5.41) is 7.06. The molecule has 0 unspecified atom stereocenters. The monoisotopic (exact) mass is 462 g/mol. The van der Waals surface area contributed by atoms with Crippen molar-refractivity contribution in [2.75, 3.05) is 18.5 Å². The number of esters is 1. The summed E-state index contributed by atoms with van der Waals surface area (Å²) in [7, 11) is 0. The van der Waals surface area contributed by atoms with E-state index < -0.39 is 18.5 Å². The van der Waals surface area contributed by atoms with Gasteiger partial charge >= 0.3 is 5.97 Å². The van der Waals surface area contributed by atoms with Crippen LogP contribution in [-0.4, -0.2) is 55.6 Å². The average molecular weight is 463 g/mol. The highest BCUT2D eigenvalue weighted by Gasteiger charge is 2.21. The van der Waals surface area contributed by atoms with Gasteiger partial charge < -0.3 is 15.0 Å². The van der Waals surface area contributed by atoms with Crippen LogP contribution in [0.25, 0.3) is 5.95 Å². The molecule has 2 aromatic heterocycles. The van der Waals surface area contributed by atoms with Crippen molar-refractivity contribution in [3.8, 4) is 5.95 Å². The third kappa shape index (κ3) is 5.45. The van der Waals surface area contributed by atoms with E-state index in [1.807, 2.05) is 26.0 Å². The molecule has 1 aliphatic heterocycles. The smallest absolute Gasteiger partial charge is 0.338 e. The minimum atomic E-state index is -0.618. The number of ether oxygens (including phenoxy) is 1. The Morgan fingerprint density at radius 1 is 1.06 bits per heavy atom. The number of likely N-dealkylation sites (tertiary alicyclic amines) is 1. The second-order valence-corrected chi connectivity index (χ2v) is 8.28. The molecule has 0 atom stereocenters. The van der Waals surface area contributed by atoms with Crippen molar-refractivity contribution >= 4 is 23.6 Å². The summed E-state index contributed by atoms with van der Waals surface area (Å²) in [6.45, 7) is 6.19. The van der Waals surface area contributed by atoms with Crippen LogP contribution in [0.3, 0.4) is 0 Å². The van der Waals surface area contributed by atoms with Gasteiger partial charge in [0, 0.05) is 37.0 Å². The fraction of sp³-hybridized carbons (Fsp3) is 0.333. The zero-order valence-corrected chi connectivity index (χ0v) is 19.4. The van der Waals surface area contributed by atoms with Gasteiger partial charge in [0.1, 0.15) is 5.82 Å². The zero-order chi connectivity index (χ0) is 24.2. The lowest BCUT2D eigenvalue weighted by Gasteiger charge is -2.15. The van der Waals surface area contributed by atoms with Crippen molar-refractivity contribution in [1.82, 2.24) is 24.6 Å². The molecule has 0 spiro atoms. The van der Waals surface area contributed by atoms with E-state index in [-0.39, 0.29) is 5.91 Å². The summed E-state index contributed by atoms with van der Waals surface area (Å²) in [5.41, 5.74) is 3.38. The van der Waals surface area contributed by atoms with Crippen LogP contribution in [0.15, 0.2) is 36.4 Å². The van der Waals surface area contributed by atoms with E-state index in [1.165, 1.54) is 4.68 Å². The minimum absolute atomic E-state index is 0.116. The lowest BCUT2D eigenvalue weighted by molar-refractivity contribution is -0.128. The lowest BCUT2D eigenvalue weighted by Crippen LogP contribution is -2.24. The highest BCUT2D eigenvalue weighted by atomic mass is 16.5. The van der Waals surface area contributed by atoms with Crippen LogP contribution in [0.1, 0.15) is 45.8 Å². The van der Waals surface area contributed by atoms with Gasteiger partial charge in [0.2, 0.25) is 5.91 Å². The average Bonchev–Trinajstić information content (AvgIpc) is 3.36. The lowest BCUT2D eigenvalue weighted by atomic mass is 10.1. The zero-order valence-electron chi connectivity index (χ0n) is 19.4. The van der Waals surface area contributed by atoms with Crippen molar-refractivity contribution in [2.45, 2.75) is 40.2 Å². The predicted octanol–water partition coefficient (Wildman–Crippen LogP) is 2.51. The molecule has 0 bridgehead atoms. The van der Waals surface area contributed by atoms with E-state index in [9.17, 15) is 14.4 Å². The molecule has 1 fully saturated rings. The Morgan fingerprint density at radius 3 is 2.53 bits per heavy atom. The van der Waals surface area contributed by atoms with Crippen LogP contribution in [0, 0.1) is 20.8 Å². The van der Waals surface area contributed by atoms with E-state index in [1.54, 1.807) is 36.1 Å². The summed E-state index contributed by atoms with van der Waals surface area (Å²) in [5.74, 6) is -0.304. The van der Waals surface area contributed by atoms with E-state index in [0.717, 1.165) is 29.9 Å². The number of rotatable bonds is 7. The number of aryl methyl sites for hydroxylation is 3. The second-order valence-electron chi connectivity index (χ2n) is 8.28. The van der Waals surface area contributed by atoms with Gasteiger partial charge in [0.25, 0.3) is 11.9 Å². The molecule has 4 rings (SSSR count). The van der Waals surface area contributed by atoms with Gasteiger partial charge in [-0.15, -0.1) is 0 Å². The Balaban J connectivity index is 1.38. The van der Waals surface area contributed by atoms with Gasteiger partial charge in [-0.1, -0.05) is 12.1 Å². The largest absolute Gasteiger partial charge is 0.452 e. The SMILES string of the molecule is Cc1cc(C)nc(-n2nc(C)cc2NC(=O)COC(=O)c2cccc(CN3CCCC3=O)c2)n1. The van der Waals surface area contributed by atoms with Crippen molar-refractivity contribution in [3.05, 3.63) is 64.6 Å². The molecule has 34 heavy (non-hydrogen) atoms. The van der Waals surface area contributed by atoms with Gasteiger partial charge in [-0.05, 0) is 51.0 Å². The molecule has 3 aromatic rings. The third-order valence-corrected chi connectivity index (χ3v) is 5.30. The molecular weight excluding hydrogens is 436 g/mol. The molecule has 10 nitrogen and oxygen atoms in total. The highest BCUT2D eigenvalue weighted by Crippen LogP contribution is 2.17. The number of aromatic nitrogens is 4. The predicted molar refractivity (Wildman–Crippen MR) is 123 cm³/mol. The van der Waals surface area contributed by atoms with Gasteiger partial charge in [-0.3, -0.25) is 9.59 Å². The molecule has 10 heteroatoms. The maximum absolute atomic E-state index is 12.5. The van der Waals surface area contributed by atoms with Crippen LogP contribution in [-0.2, 0) is 20.9 Å². The number of carbonyl (C=O) groups is 3. The fourth-order valence-corrected chi connectivity index (χ4v) is 3.82. The van der Waals surface area contributed by atoms with Gasteiger partial charge in [0.05, 0.1) is 11.3 Å². The Hall–Kier alpha value is -4.08. The normalized spacial score (nSPS) is 13.3. The molecule has 0 saturated carbocycles. The van der Waals surface area contributed by atoms with Crippen molar-refractivity contribution < 1.29 is 19.1 Å². The first kappa shape index (κ1) is 23.1. The van der Waals surface area contributed by atoms with E-state index >= 15 is 0 Å². The molecule has 0 radical (unpaired) electrons. The maximum atomic E-state index is 12.5. The maximum Gasteiger partial charge on any atom is 0.338 e. The molecule has 0 aliphatic carbocycles. The van der Waals surface area contributed by atoms with Crippen molar-refractivity contribution in [3.63, 3.8) is 0 Å². The molecule has 2 amide bonds. The van der Waals surface area contributed by atoms with Crippen LogP contribution in [0.2, 0.25) is 0 Å². The Labute approximate surface area is 197 Å². The number of anilines is 1. The van der Waals surface area contributed by atoms with Crippen LogP contribution >= 0.6 is 0 Å². The molecule has 1 aromatic carbocycles. The summed E-state index contributed by atoms with van der Waals surface area (Å²) < 4.78 is 6.65. The Kier molecular flexibility index (Phi) is 6.67. The van der Waals surface area contributed by atoms with Crippen molar-refractivity contribution in [2.24, 2.45) is 0 Å². The molecule has 1 N–H and O–H groups in total.